The predicted molar refractivity (Wildman–Crippen MR) is 54.8 cm³/mol. The van der Waals surface area contributed by atoms with Gasteiger partial charge in [0.05, 0.1) is 19.6 Å². The molecule has 1 aliphatic heterocycles. The van der Waals surface area contributed by atoms with Gasteiger partial charge >= 0.3 is 5.97 Å². The van der Waals surface area contributed by atoms with Crippen LogP contribution in [0.25, 0.3) is 0 Å². The van der Waals surface area contributed by atoms with Gasteiger partial charge in [0.1, 0.15) is 5.25 Å². The van der Waals surface area contributed by atoms with Crippen molar-refractivity contribution in [1.82, 2.24) is 4.90 Å². The maximum Gasteiger partial charge on any atom is 0.304 e. The predicted octanol–water partition coefficient (Wildman–Crippen LogP) is -0.950. The summed E-state index contributed by atoms with van der Waals surface area (Å²) in [5.74, 6) is -1.24. The van der Waals surface area contributed by atoms with Gasteiger partial charge < -0.3 is 9.84 Å². The largest absolute Gasteiger partial charge is 0.481 e. The third-order valence-corrected chi connectivity index (χ3v) is 3.55. The van der Waals surface area contributed by atoms with Crippen molar-refractivity contribution in [2.45, 2.75) is 11.7 Å². The van der Waals surface area contributed by atoms with Crippen molar-refractivity contribution >= 4 is 16.1 Å². The highest BCUT2D eigenvalue weighted by Crippen LogP contribution is 2.09. The molecule has 0 radical (unpaired) electrons. The van der Waals surface area contributed by atoms with Gasteiger partial charge in [-0.15, -0.1) is 0 Å². The Morgan fingerprint density at radius 2 is 1.94 bits per heavy atom. The van der Waals surface area contributed by atoms with Crippen LogP contribution >= 0.6 is 0 Å². The van der Waals surface area contributed by atoms with Crippen molar-refractivity contribution in [3.63, 3.8) is 0 Å². The van der Waals surface area contributed by atoms with Crippen LogP contribution in [0.4, 0.5) is 0 Å². The third-order valence-electron chi connectivity index (χ3n) is 2.39. The second-order valence-corrected chi connectivity index (χ2v) is 5.34. The molecule has 0 aromatic carbocycles. The smallest absolute Gasteiger partial charge is 0.304 e. The van der Waals surface area contributed by atoms with Gasteiger partial charge in [-0.3, -0.25) is 14.2 Å². The number of hydrogen-bond donors (Lipinski definition) is 2. The number of morpholine rings is 1. The fourth-order valence-electron chi connectivity index (χ4n) is 1.53. The number of carboxylic acid groups (broad SMARTS) is 1. The first-order chi connectivity index (χ1) is 7.39. The zero-order valence-electron chi connectivity index (χ0n) is 8.70. The SMILES string of the molecule is O=C(O)CC(CN1CCOCC1)S(=O)(=O)O. The Bertz CT molecular complexity index is 334. The Labute approximate surface area is 93.7 Å². The lowest BCUT2D eigenvalue weighted by molar-refractivity contribution is -0.137. The summed E-state index contributed by atoms with van der Waals surface area (Å²) in [5.41, 5.74) is 0. The Morgan fingerprint density at radius 1 is 1.38 bits per heavy atom. The molecule has 0 bridgehead atoms. The normalized spacial score (nSPS) is 20.6. The Balaban J connectivity index is 2.59. The van der Waals surface area contributed by atoms with E-state index >= 15 is 0 Å². The quantitative estimate of drug-likeness (QED) is 0.609. The van der Waals surface area contributed by atoms with Crippen LogP contribution < -0.4 is 0 Å². The molecule has 1 fully saturated rings. The summed E-state index contributed by atoms with van der Waals surface area (Å²) < 4.78 is 35.9. The molecule has 1 heterocycles. The van der Waals surface area contributed by atoms with Gasteiger partial charge in [0, 0.05) is 19.6 Å². The van der Waals surface area contributed by atoms with Crippen molar-refractivity contribution in [3.05, 3.63) is 0 Å². The van der Waals surface area contributed by atoms with E-state index in [4.69, 9.17) is 14.4 Å². The average molecular weight is 253 g/mol. The zero-order chi connectivity index (χ0) is 12.2. The molecule has 0 aromatic heterocycles. The fraction of sp³-hybridized carbons (Fsp3) is 0.875. The van der Waals surface area contributed by atoms with Crippen LogP contribution in [0.1, 0.15) is 6.42 Å². The zero-order valence-corrected chi connectivity index (χ0v) is 9.52. The van der Waals surface area contributed by atoms with Crippen LogP contribution in [0.2, 0.25) is 0 Å². The number of nitrogens with zero attached hydrogens (tertiary/aromatic N) is 1. The van der Waals surface area contributed by atoms with E-state index in [1.54, 1.807) is 4.90 Å². The number of hydrogen-bond acceptors (Lipinski definition) is 5. The van der Waals surface area contributed by atoms with Crippen LogP contribution in [0.3, 0.4) is 0 Å². The van der Waals surface area contributed by atoms with E-state index in [-0.39, 0.29) is 6.54 Å². The first-order valence-corrected chi connectivity index (χ1v) is 6.38. The third kappa shape index (κ3) is 4.44. The van der Waals surface area contributed by atoms with Crippen molar-refractivity contribution in [2.24, 2.45) is 0 Å². The minimum atomic E-state index is -4.32. The molecule has 2 N–H and O–H groups in total. The van der Waals surface area contributed by atoms with Crippen LogP contribution in [0.5, 0.6) is 0 Å². The summed E-state index contributed by atoms with van der Waals surface area (Å²) >= 11 is 0. The molecular formula is C8H15NO6S. The van der Waals surface area contributed by atoms with Gasteiger partial charge in [-0.2, -0.15) is 8.42 Å². The Hall–Kier alpha value is -0.700. The molecule has 1 aliphatic rings. The molecule has 1 saturated heterocycles. The maximum absolute atomic E-state index is 11.0. The summed E-state index contributed by atoms with van der Waals surface area (Å²) in [7, 11) is -4.32. The molecule has 0 amide bonds. The first kappa shape index (κ1) is 13.4. The van der Waals surface area contributed by atoms with E-state index in [0.29, 0.717) is 26.3 Å². The monoisotopic (exact) mass is 253 g/mol. The number of carbonyl (C=O) groups is 1. The van der Waals surface area contributed by atoms with E-state index in [1.165, 1.54) is 0 Å². The highest BCUT2D eigenvalue weighted by molar-refractivity contribution is 7.86. The maximum atomic E-state index is 11.0. The van der Waals surface area contributed by atoms with Gasteiger partial charge in [-0.1, -0.05) is 0 Å². The first-order valence-electron chi connectivity index (χ1n) is 4.88. The van der Waals surface area contributed by atoms with Crippen LogP contribution in [-0.4, -0.2) is 67.0 Å². The van der Waals surface area contributed by atoms with E-state index in [9.17, 15) is 13.2 Å². The van der Waals surface area contributed by atoms with Crippen molar-refractivity contribution in [1.29, 1.82) is 0 Å². The lowest BCUT2D eigenvalue weighted by atomic mass is 10.2. The molecule has 8 heteroatoms. The minimum absolute atomic E-state index is 0.0223. The lowest BCUT2D eigenvalue weighted by Crippen LogP contribution is -2.43. The van der Waals surface area contributed by atoms with E-state index in [2.05, 4.69) is 0 Å². The molecule has 1 rings (SSSR count). The van der Waals surface area contributed by atoms with Crippen LogP contribution in [0, 0.1) is 0 Å². The standard InChI is InChI=1S/C8H15NO6S/c10-8(11)5-7(16(12,13)14)6-9-1-3-15-4-2-9/h7H,1-6H2,(H,10,11)(H,12,13,14). The molecule has 0 spiro atoms. The topological polar surface area (TPSA) is 104 Å². The van der Waals surface area contributed by atoms with Crippen LogP contribution in [0.15, 0.2) is 0 Å². The highest BCUT2D eigenvalue weighted by atomic mass is 32.2. The molecular weight excluding hydrogens is 238 g/mol. The molecule has 0 aliphatic carbocycles. The molecule has 0 saturated carbocycles. The summed E-state index contributed by atoms with van der Waals surface area (Å²) in [5, 5.41) is 7.28. The van der Waals surface area contributed by atoms with Crippen molar-refractivity contribution < 1.29 is 27.6 Å². The second kappa shape index (κ2) is 5.58. The highest BCUT2D eigenvalue weighted by Gasteiger charge is 2.28. The van der Waals surface area contributed by atoms with Gasteiger partial charge in [0.15, 0.2) is 0 Å². The van der Waals surface area contributed by atoms with E-state index in [1.807, 2.05) is 0 Å². The van der Waals surface area contributed by atoms with Gasteiger partial charge in [-0.05, 0) is 0 Å². The van der Waals surface area contributed by atoms with Crippen LogP contribution in [-0.2, 0) is 19.6 Å². The Morgan fingerprint density at radius 3 is 2.38 bits per heavy atom. The molecule has 7 nitrogen and oxygen atoms in total. The van der Waals surface area contributed by atoms with Gasteiger partial charge in [0.2, 0.25) is 0 Å². The second-order valence-electron chi connectivity index (χ2n) is 3.65. The summed E-state index contributed by atoms with van der Waals surface area (Å²) in [6, 6.07) is 0. The van der Waals surface area contributed by atoms with Crippen molar-refractivity contribution in [2.75, 3.05) is 32.8 Å². The average Bonchev–Trinajstić information content (AvgIpc) is 2.16. The number of ether oxygens (including phenoxy) is 1. The van der Waals surface area contributed by atoms with E-state index in [0.717, 1.165) is 0 Å². The molecule has 1 atom stereocenters. The molecule has 16 heavy (non-hydrogen) atoms. The van der Waals surface area contributed by atoms with Gasteiger partial charge in [-0.25, -0.2) is 0 Å². The summed E-state index contributed by atoms with van der Waals surface area (Å²) in [6.07, 6.45) is -0.587. The fourth-order valence-corrected chi connectivity index (χ4v) is 2.28. The number of carboxylic acids is 1. The summed E-state index contributed by atoms with van der Waals surface area (Å²) in [6.45, 7) is 2.10. The lowest BCUT2D eigenvalue weighted by Gasteiger charge is -2.28. The molecule has 0 aromatic rings. The number of rotatable bonds is 5. The van der Waals surface area contributed by atoms with Gasteiger partial charge in [0.25, 0.3) is 10.1 Å². The molecule has 1 unspecified atom stereocenters. The van der Waals surface area contributed by atoms with E-state index < -0.39 is 27.8 Å². The minimum Gasteiger partial charge on any atom is -0.481 e. The number of aliphatic carboxylic acids is 1. The van der Waals surface area contributed by atoms with Crippen molar-refractivity contribution in [3.8, 4) is 0 Å². The summed E-state index contributed by atoms with van der Waals surface area (Å²) in [4.78, 5) is 12.2. The molecule has 94 valence electrons. The Kier molecular flexibility index (Phi) is 4.66.